The molecule has 1 aromatic rings. The predicted octanol–water partition coefficient (Wildman–Crippen LogP) is 1.47. The third-order valence-electron chi connectivity index (χ3n) is 1.97. The van der Waals surface area contributed by atoms with Crippen molar-refractivity contribution < 1.29 is 8.42 Å². The minimum Gasteiger partial charge on any atom is -0.360 e. The summed E-state index contributed by atoms with van der Waals surface area (Å²) in [7, 11) is -3.11. The van der Waals surface area contributed by atoms with E-state index in [9.17, 15) is 8.42 Å². The Kier molecular flexibility index (Phi) is 4.04. The summed E-state index contributed by atoms with van der Waals surface area (Å²) >= 11 is 1.20. The molecule has 0 radical (unpaired) electrons. The van der Waals surface area contributed by atoms with Gasteiger partial charge in [-0.3, -0.25) is 0 Å². The van der Waals surface area contributed by atoms with Gasteiger partial charge in [-0.25, -0.2) is 13.4 Å². The van der Waals surface area contributed by atoms with Crippen LogP contribution in [0.5, 0.6) is 0 Å². The predicted molar refractivity (Wildman–Crippen MR) is 61.9 cm³/mol. The van der Waals surface area contributed by atoms with Crippen molar-refractivity contribution in [1.29, 1.82) is 0 Å². The van der Waals surface area contributed by atoms with E-state index in [1.165, 1.54) is 17.8 Å². The molecule has 0 bridgehead atoms. The van der Waals surface area contributed by atoms with E-state index in [-0.39, 0.29) is 0 Å². The Hall–Kier alpha value is -0.690. The first-order valence-corrected chi connectivity index (χ1v) is 7.44. The van der Waals surface area contributed by atoms with E-state index in [0.717, 1.165) is 13.0 Å². The molecule has 1 unspecified atom stereocenters. The van der Waals surface area contributed by atoms with Crippen LogP contribution in [0.1, 0.15) is 31.3 Å². The lowest BCUT2D eigenvalue weighted by Crippen LogP contribution is -2.09. The van der Waals surface area contributed by atoms with E-state index >= 15 is 0 Å². The Labute approximate surface area is 94.0 Å². The normalized spacial score (nSPS) is 13.8. The van der Waals surface area contributed by atoms with Crippen molar-refractivity contribution >= 4 is 26.5 Å². The highest BCUT2D eigenvalue weighted by atomic mass is 32.2. The Morgan fingerprint density at radius 1 is 1.53 bits per heavy atom. The molecule has 5 nitrogen and oxygen atoms in total. The van der Waals surface area contributed by atoms with Gasteiger partial charge in [-0.15, -0.1) is 0 Å². The summed E-state index contributed by atoms with van der Waals surface area (Å²) in [6.45, 7) is 4.47. The molecule has 0 saturated carbocycles. The zero-order chi connectivity index (χ0) is 11.5. The van der Waals surface area contributed by atoms with Gasteiger partial charge in [-0.1, -0.05) is 6.92 Å². The number of nitrogens with one attached hydrogen (secondary N) is 1. The molecule has 0 spiro atoms. The van der Waals surface area contributed by atoms with E-state index in [4.69, 9.17) is 0 Å². The monoisotopic (exact) mass is 249 g/mol. The molecule has 0 aliphatic heterocycles. The molecular weight excluding hydrogens is 234 g/mol. The lowest BCUT2D eigenvalue weighted by atomic mass is 10.4. The number of aromatic nitrogens is 2. The van der Waals surface area contributed by atoms with Crippen LogP contribution in [-0.4, -0.2) is 30.6 Å². The smallest absolute Gasteiger partial charge is 0.202 e. The second-order valence-electron chi connectivity index (χ2n) is 3.36. The Morgan fingerprint density at radius 2 is 2.20 bits per heavy atom. The topological polar surface area (TPSA) is 72.0 Å². The van der Waals surface area contributed by atoms with Crippen LogP contribution in [-0.2, 0) is 9.84 Å². The lowest BCUT2D eigenvalue weighted by Gasteiger charge is -2.03. The van der Waals surface area contributed by atoms with Crippen LogP contribution in [0.2, 0.25) is 0 Å². The Bertz CT molecular complexity index is 413. The molecule has 86 valence electrons. The second kappa shape index (κ2) is 4.89. The molecule has 1 rings (SSSR count). The van der Waals surface area contributed by atoms with E-state index in [0.29, 0.717) is 11.0 Å². The highest BCUT2D eigenvalue weighted by Gasteiger charge is 2.21. The highest BCUT2D eigenvalue weighted by Crippen LogP contribution is 2.21. The maximum Gasteiger partial charge on any atom is 0.202 e. The van der Waals surface area contributed by atoms with Gasteiger partial charge in [0, 0.05) is 24.3 Å². The molecule has 0 amide bonds. The van der Waals surface area contributed by atoms with Crippen LogP contribution in [0.25, 0.3) is 0 Å². The lowest BCUT2D eigenvalue weighted by molar-refractivity contribution is 0.590. The standard InChI is InChI=1S/C8H15N3O2S2/c1-4-5-9-8-10-7(11-14-8)6(2)15(3,12)13/h6H,4-5H2,1-3H3,(H,9,10,11). The van der Waals surface area contributed by atoms with Crippen LogP contribution in [0.3, 0.4) is 0 Å². The minimum atomic E-state index is -3.11. The van der Waals surface area contributed by atoms with E-state index in [2.05, 4.69) is 14.7 Å². The van der Waals surface area contributed by atoms with Gasteiger partial charge in [-0.05, 0) is 13.3 Å². The van der Waals surface area contributed by atoms with Gasteiger partial charge in [0.1, 0.15) is 5.25 Å². The minimum absolute atomic E-state index is 0.376. The molecule has 0 fully saturated rings. The number of rotatable bonds is 5. The fourth-order valence-corrected chi connectivity index (χ4v) is 2.13. The molecule has 1 aromatic heterocycles. The molecule has 0 aliphatic rings. The number of hydrogen-bond donors (Lipinski definition) is 1. The van der Waals surface area contributed by atoms with Gasteiger partial charge < -0.3 is 5.32 Å². The van der Waals surface area contributed by atoms with Gasteiger partial charge in [0.05, 0.1) is 0 Å². The molecule has 0 aromatic carbocycles. The summed E-state index contributed by atoms with van der Waals surface area (Å²) in [5.74, 6) is 0.376. The summed E-state index contributed by atoms with van der Waals surface area (Å²) in [5, 5.41) is 3.12. The first-order valence-electron chi connectivity index (χ1n) is 4.71. The number of sulfone groups is 1. The fraction of sp³-hybridized carbons (Fsp3) is 0.750. The van der Waals surface area contributed by atoms with Gasteiger partial charge in [-0.2, -0.15) is 4.37 Å². The molecule has 0 aliphatic carbocycles. The quantitative estimate of drug-likeness (QED) is 0.855. The zero-order valence-electron chi connectivity index (χ0n) is 9.02. The van der Waals surface area contributed by atoms with Crippen molar-refractivity contribution in [3.63, 3.8) is 0 Å². The van der Waals surface area contributed by atoms with Gasteiger partial charge in [0.2, 0.25) is 5.13 Å². The average Bonchev–Trinajstić information content (AvgIpc) is 2.60. The van der Waals surface area contributed by atoms with Crippen molar-refractivity contribution in [2.45, 2.75) is 25.5 Å². The summed E-state index contributed by atoms with van der Waals surface area (Å²) in [4.78, 5) is 4.13. The molecule has 1 N–H and O–H groups in total. The summed E-state index contributed by atoms with van der Waals surface area (Å²) in [6, 6.07) is 0. The molecular formula is C8H15N3O2S2. The summed E-state index contributed by atoms with van der Waals surface area (Å²) in [5.41, 5.74) is 0. The highest BCUT2D eigenvalue weighted by molar-refractivity contribution is 7.90. The van der Waals surface area contributed by atoms with Crippen molar-refractivity contribution in [1.82, 2.24) is 9.36 Å². The van der Waals surface area contributed by atoms with Crippen molar-refractivity contribution in [2.75, 3.05) is 18.1 Å². The largest absolute Gasteiger partial charge is 0.360 e. The van der Waals surface area contributed by atoms with Crippen molar-refractivity contribution in [2.24, 2.45) is 0 Å². The number of anilines is 1. The molecule has 7 heteroatoms. The van der Waals surface area contributed by atoms with Gasteiger partial charge >= 0.3 is 0 Å². The second-order valence-corrected chi connectivity index (χ2v) is 6.47. The van der Waals surface area contributed by atoms with E-state index in [1.54, 1.807) is 6.92 Å². The van der Waals surface area contributed by atoms with Crippen LogP contribution < -0.4 is 5.32 Å². The van der Waals surface area contributed by atoms with E-state index in [1.807, 2.05) is 6.92 Å². The molecule has 1 atom stereocenters. The van der Waals surface area contributed by atoms with E-state index < -0.39 is 15.1 Å². The van der Waals surface area contributed by atoms with Gasteiger partial charge in [0.25, 0.3) is 0 Å². The van der Waals surface area contributed by atoms with Crippen LogP contribution in [0, 0.1) is 0 Å². The van der Waals surface area contributed by atoms with Crippen molar-refractivity contribution in [3.8, 4) is 0 Å². The van der Waals surface area contributed by atoms with Crippen LogP contribution in [0.15, 0.2) is 0 Å². The Balaban J connectivity index is 2.76. The van der Waals surface area contributed by atoms with Crippen LogP contribution in [0.4, 0.5) is 5.13 Å². The van der Waals surface area contributed by atoms with Gasteiger partial charge in [0.15, 0.2) is 15.7 Å². The average molecular weight is 249 g/mol. The summed E-state index contributed by atoms with van der Waals surface area (Å²) < 4.78 is 26.5. The number of hydrogen-bond acceptors (Lipinski definition) is 6. The molecule has 1 heterocycles. The summed E-state index contributed by atoms with van der Waals surface area (Å²) in [6.07, 6.45) is 2.19. The van der Waals surface area contributed by atoms with Crippen LogP contribution >= 0.6 is 11.5 Å². The first-order chi connectivity index (χ1) is 6.95. The third kappa shape index (κ3) is 3.42. The third-order valence-corrected chi connectivity index (χ3v) is 4.16. The number of nitrogens with zero attached hydrogens (tertiary/aromatic N) is 2. The maximum atomic E-state index is 11.3. The molecule has 0 saturated heterocycles. The molecule has 15 heavy (non-hydrogen) atoms. The fourth-order valence-electron chi connectivity index (χ4n) is 0.895. The maximum absolute atomic E-state index is 11.3. The zero-order valence-corrected chi connectivity index (χ0v) is 10.7. The SMILES string of the molecule is CCCNc1nc(C(C)S(C)(=O)=O)ns1. The Morgan fingerprint density at radius 3 is 2.73 bits per heavy atom. The van der Waals surface area contributed by atoms with Crippen molar-refractivity contribution in [3.05, 3.63) is 5.82 Å². The first kappa shape index (κ1) is 12.4.